The number of amides is 1. The lowest BCUT2D eigenvalue weighted by Crippen LogP contribution is -2.37. The Kier molecular flexibility index (Phi) is 2.26. The van der Waals surface area contributed by atoms with Crippen LogP contribution < -0.4 is 5.32 Å². The van der Waals surface area contributed by atoms with E-state index in [4.69, 9.17) is 0 Å². The fourth-order valence-electron chi connectivity index (χ4n) is 2.58. The van der Waals surface area contributed by atoms with Gasteiger partial charge in [-0.05, 0) is 31.7 Å². The van der Waals surface area contributed by atoms with E-state index in [9.17, 15) is 4.79 Å². The zero-order chi connectivity index (χ0) is 11.2. The molecule has 4 nitrogen and oxygen atoms in total. The van der Waals surface area contributed by atoms with E-state index in [2.05, 4.69) is 15.2 Å². The molecular formula is C11H15N3OS. The molecule has 0 radical (unpaired) electrons. The second-order valence-electron chi connectivity index (χ2n) is 4.96. The lowest BCUT2D eigenvalue weighted by Gasteiger charge is -2.17. The highest BCUT2D eigenvalue weighted by Crippen LogP contribution is 2.54. The molecule has 16 heavy (non-hydrogen) atoms. The van der Waals surface area contributed by atoms with Crippen LogP contribution in [-0.4, -0.2) is 35.4 Å². The molecular weight excluding hydrogens is 222 g/mol. The van der Waals surface area contributed by atoms with Gasteiger partial charge in [0.15, 0.2) is 5.13 Å². The Balaban J connectivity index is 1.66. The lowest BCUT2D eigenvalue weighted by molar-refractivity contribution is -0.120. The van der Waals surface area contributed by atoms with E-state index >= 15 is 0 Å². The molecule has 1 atom stereocenters. The summed E-state index contributed by atoms with van der Waals surface area (Å²) in [5.74, 6) is 0.0984. The highest BCUT2D eigenvalue weighted by atomic mass is 32.1. The van der Waals surface area contributed by atoms with E-state index in [0.717, 1.165) is 13.0 Å². The third-order valence-corrected chi connectivity index (χ3v) is 4.35. The van der Waals surface area contributed by atoms with Gasteiger partial charge in [0.2, 0.25) is 5.91 Å². The van der Waals surface area contributed by atoms with Gasteiger partial charge in [-0.2, -0.15) is 0 Å². The SMILES string of the molecule is CN1CC2(CC2)CC1C(=O)Nc1nccs1. The van der Waals surface area contributed by atoms with Crippen molar-refractivity contribution in [3.05, 3.63) is 11.6 Å². The Bertz CT molecular complexity index is 399. The number of hydrogen-bond acceptors (Lipinski definition) is 4. The van der Waals surface area contributed by atoms with E-state index in [-0.39, 0.29) is 11.9 Å². The molecule has 1 unspecified atom stereocenters. The molecule has 0 aromatic carbocycles. The number of carbonyl (C=O) groups excluding carboxylic acids is 1. The number of rotatable bonds is 2. The first-order valence-corrected chi connectivity index (χ1v) is 6.47. The van der Waals surface area contributed by atoms with E-state index in [0.29, 0.717) is 10.5 Å². The highest BCUT2D eigenvalue weighted by molar-refractivity contribution is 7.13. The summed E-state index contributed by atoms with van der Waals surface area (Å²) in [5.41, 5.74) is 0.472. The molecule has 1 spiro atoms. The van der Waals surface area contributed by atoms with Gasteiger partial charge in [-0.25, -0.2) is 4.98 Å². The predicted octanol–water partition coefficient (Wildman–Crippen LogP) is 1.57. The van der Waals surface area contributed by atoms with Crippen LogP contribution in [0.5, 0.6) is 0 Å². The first-order valence-electron chi connectivity index (χ1n) is 5.59. The molecule has 1 aromatic rings. The summed E-state index contributed by atoms with van der Waals surface area (Å²) in [7, 11) is 2.04. The van der Waals surface area contributed by atoms with Crippen molar-refractivity contribution in [3.63, 3.8) is 0 Å². The maximum absolute atomic E-state index is 12.1. The summed E-state index contributed by atoms with van der Waals surface area (Å²) in [6, 6.07) is 0.0337. The van der Waals surface area contributed by atoms with Crippen molar-refractivity contribution in [1.82, 2.24) is 9.88 Å². The van der Waals surface area contributed by atoms with Gasteiger partial charge in [-0.1, -0.05) is 0 Å². The van der Waals surface area contributed by atoms with Crippen molar-refractivity contribution < 1.29 is 4.79 Å². The maximum atomic E-state index is 12.1. The van der Waals surface area contributed by atoms with Crippen LogP contribution in [0.2, 0.25) is 0 Å². The molecule has 1 saturated carbocycles. The van der Waals surface area contributed by atoms with Crippen molar-refractivity contribution in [2.24, 2.45) is 5.41 Å². The average Bonchev–Trinajstić information content (AvgIpc) is 2.68. The molecule has 1 N–H and O–H groups in total. The van der Waals surface area contributed by atoms with Crippen LogP contribution >= 0.6 is 11.3 Å². The Morgan fingerprint density at radius 2 is 2.50 bits per heavy atom. The van der Waals surface area contributed by atoms with E-state index in [1.165, 1.54) is 24.2 Å². The van der Waals surface area contributed by atoms with Crippen molar-refractivity contribution in [3.8, 4) is 0 Å². The number of thiazole rings is 1. The number of anilines is 1. The molecule has 1 saturated heterocycles. The van der Waals surface area contributed by atoms with Gasteiger partial charge in [0.1, 0.15) is 0 Å². The minimum absolute atomic E-state index is 0.0337. The van der Waals surface area contributed by atoms with Crippen LogP contribution in [0.4, 0.5) is 5.13 Å². The van der Waals surface area contributed by atoms with Gasteiger partial charge in [-0.3, -0.25) is 9.69 Å². The summed E-state index contributed by atoms with van der Waals surface area (Å²) >= 11 is 1.47. The number of carbonyl (C=O) groups is 1. The summed E-state index contributed by atoms with van der Waals surface area (Å²) in [5, 5.41) is 5.46. The van der Waals surface area contributed by atoms with E-state index in [1.54, 1.807) is 6.20 Å². The molecule has 1 aliphatic heterocycles. The van der Waals surface area contributed by atoms with Crippen molar-refractivity contribution in [2.75, 3.05) is 18.9 Å². The number of aromatic nitrogens is 1. The van der Waals surface area contributed by atoms with Crippen LogP contribution in [0, 0.1) is 5.41 Å². The summed E-state index contributed by atoms with van der Waals surface area (Å²) in [6.45, 7) is 1.07. The van der Waals surface area contributed by atoms with E-state index < -0.39 is 0 Å². The Morgan fingerprint density at radius 3 is 3.06 bits per heavy atom. The standard InChI is InChI=1S/C11H15N3OS/c1-14-7-11(2-3-11)6-8(14)9(15)13-10-12-4-5-16-10/h4-5,8H,2-3,6-7H2,1H3,(H,12,13,15). The topological polar surface area (TPSA) is 45.2 Å². The Hall–Kier alpha value is -0.940. The van der Waals surface area contributed by atoms with Gasteiger partial charge >= 0.3 is 0 Å². The van der Waals surface area contributed by atoms with Crippen LogP contribution in [0.15, 0.2) is 11.6 Å². The summed E-state index contributed by atoms with van der Waals surface area (Å²) in [4.78, 5) is 18.3. The van der Waals surface area contributed by atoms with E-state index in [1.807, 2.05) is 12.4 Å². The van der Waals surface area contributed by atoms with Crippen LogP contribution in [-0.2, 0) is 4.79 Å². The quantitative estimate of drug-likeness (QED) is 0.849. The number of nitrogens with zero attached hydrogens (tertiary/aromatic N) is 2. The van der Waals surface area contributed by atoms with Crippen LogP contribution in [0.1, 0.15) is 19.3 Å². The largest absolute Gasteiger partial charge is 0.301 e. The minimum Gasteiger partial charge on any atom is -0.301 e. The van der Waals surface area contributed by atoms with Crippen LogP contribution in [0.3, 0.4) is 0 Å². The Labute approximate surface area is 98.7 Å². The summed E-state index contributed by atoms with van der Waals surface area (Å²) in [6.07, 6.45) is 5.30. The number of nitrogens with one attached hydrogen (secondary N) is 1. The van der Waals surface area contributed by atoms with Gasteiger partial charge in [-0.15, -0.1) is 11.3 Å². The first kappa shape index (κ1) is 10.2. The molecule has 2 heterocycles. The Morgan fingerprint density at radius 1 is 1.69 bits per heavy atom. The van der Waals surface area contributed by atoms with Crippen LogP contribution in [0.25, 0.3) is 0 Å². The smallest absolute Gasteiger partial charge is 0.243 e. The van der Waals surface area contributed by atoms with Gasteiger partial charge in [0.05, 0.1) is 6.04 Å². The number of hydrogen-bond donors (Lipinski definition) is 1. The van der Waals surface area contributed by atoms with Gasteiger partial charge in [0, 0.05) is 18.1 Å². The third kappa shape index (κ3) is 1.74. The molecule has 0 bridgehead atoms. The molecule has 5 heteroatoms. The lowest BCUT2D eigenvalue weighted by atomic mass is 10.0. The number of likely N-dealkylation sites (tertiary alicyclic amines) is 1. The van der Waals surface area contributed by atoms with Gasteiger partial charge < -0.3 is 5.32 Å². The molecule has 2 fully saturated rings. The molecule has 2 aliphatic rings. The normalized spacial score (nSPS) is 27.2. The van der Waals surface area contributed by atoms with Gasteiger partial charge in [0.25, 0.3) is 0 Å². The van der Waals surface area contributed by atoms with Crippen molar-refractivity contribution in [2.45, 2.75) is 25.3 Å². The monoisotopic (exact) mass is 237 g/mol. The minimum atomic E-state index is 0.0337. The molecule has 1 amide bonds. The zero-order valence-electron chi connectivity index (χ0n) is 9.27. The molecule has 86 valence electrons. The average molecular weight is 237 g/mol. The predicted molar refractivity (Wildman–Crippen MR) is 63.4 cm³/mol. The first-order chi connectivity index (χ1) is 7.69. The second-order valence-corrected chi connectivity index (χ2v) is 5.86. The van der Waals surface area contributed by atoms with Crippen molar-refractivity contribution in [1.29, 1.82) is 0 Å². The molecule has 3 rings (SSSR count). The maximum Gasteiger partial charge on any atom is 0.243 e. The third-order valence-electron chi connectivity index (χ3n) is 3.67. The molecule has 1 aromatic heterocycles. The second kappa shape index (κ2) is 3.53. The number of likely N-dealkylation sites (N-methyl/N-ethyl adjacent to an activating group) is 1. The fraction of sp³-hybridized carbons (Fsp3) is 0.636. The summed E-state index contributed by atoms with van der Waals surface area (Å²) < 4.78 is 0. The highest BCUT2D eigenvalue weighted by Gasteiger charge is 2.52. The fourth-order valence-corrected chi connectivity index (χ4v) is 3.11. The van der Waals surface area contributed by atoms with Crippen molar-refractivity contribution >= 4 is 22.4 Å². The zero-order valence-corrected chi connectivity index (χ0v) is 10.1. The molecule has 1 aliphatic carbocycles.